The van der Waals surface area contributed by atoms with E-state index in [1.807, 2.05) is 13.8 Å². The van der Waals surface area contributed by atoms with Crippen LogP contribution in [0.3, 0.4) is 0 Å². The Morgan fingerprint density at radius 2 is 2.08 bits per heavy atom. The molecular formula is C15H17N5O5S. The Bertz CT molecular complexity index is 1030. The van der Waals surface area contributed by atoms with Crippen molar-refractivity contribution in [2.45, 2.75) is 30.8 Å². The minimum absolute atomic E-state index is 0.0466. The topological polar surface area (TPSA) is 124 Å². The van der Waals surface area contributed by atoms with Crippen LogP contribution in [0.1, 0.15) is 37.7 Å². The van der Waals surface area contributed by atoms with E-state index in [4.69, 9.17) is 9.15 Å². The number of fused-ring (bicyclic) bond motifs is 1. The van der Waals surface area contributed by atoms with Crippen molar-refractivity contribution in [3.63, 3.8) is 0 Å². The van der Waals surface area contributed by atoms with Gasteiger partial charge in [0.1, 0.15) is 16.5 Å². The molecule has 0 amide bonds. The molecule has 11 heteroatoms. The maximum absolute atomic E-state index is 13.1. The SMILES string of the molecule is CC(C)c1nnc(C2CN(S(=O)(=O)c3cccc4nonc34)CCO2)o1. The van der Waals surface area contributed by atoms with E-state index in [2.05, 4.69) is 25.1 Å². The molecule has 2 aromatic heterocycles. The van der Waals surface area contributed by atoms with Gasteiger partial charge in [-0.3, -0.25) is 0 Å². The van der Waals surface area contributed by atoms with Crippen molar-refractivity contribution in [1.82, 2.24) is 24.8 Å². The van der Waals surface area contributed by atoms with Crippen molar-refractivity contribution in [3.05, 3.63) is 30.0 Å². The molecule has 1 aliphatic rings. The van der Waals surface area contributed by atoms with Gasteiger partial charge in [-0.2, -0.15) is 4.31 Å². The summed E-state index contributed by atoms with van der Waals surface area (Å²) in [5, 5.41) is 15.4. The van der Waals surface area contributed by atoms with E-state index >= 15 is 0 Å². The van der Waals surface area contributed by atoms with Gasteiger partial charge < -0.3 is 9.15 Å². The largest absolute Gasteiger partial charge is 0.422 e. The Morgan fingerprint density at radius 3 is 2.85 bits per heavy atom. The Morgan fingerprint density at radius 1 is 1.23 bits per heavy atom. The van der Waals surface area contributed by atoms with Crippen molar-refractivity contribution >= 4 is 21.1 Å². The summed E-state index contributed by atoms with van der Waals surface area (Å²) >= 11 is 0. The molecule has 4 rings (SSSR count). The third-order valence-electron chi connectivity index (χ3n) is 4.12. The summed E-state index contributed by atoms with van der Waals surface area (Å²) in [7, 11) is -3.81. The van der Waals surface area contributed by atoms with Gasteiger partial charge in [0.25, 0.3) is 0 Å². The first-order chi connectivity index (χ1) is 12.5. The molecule has 3 aromatic rings. The van der Waals surface area contributed by atoms with Gasteiger partial charge in [-0.25, -0.2) is 13.0 Å². The van der Waals surface area contributed by atoms with Crippen molar-refractivity contribution in [3.8, 4) is 0 Å². The van der Waals surface area contributed by atoms with Crippen LogP contribution in [0, 0.1) is 0 Å². The van der Waals surface area contributed by atoms with Crippen molar-refractivity contribution in [2.24, 2.45) is 0 Å². The zero-order valence-electron chi connectivity index (χ0n) is 14.2. The molecule has 0 aliphatic carbocycles. The Labute approximate surface area is 149 Å². The average Bonchev–Trinajstić information content (AvgIpc) is 3.31. The Kier molecular flexibility index (Phi) is 4.21. The fraction of sp³-hybridized carbons (Fsp3) is 0.467. The van der Waals surface area contributed by atoms with Crippen LogP contribution in [-0.4, -0.2) is 52.9 Å². The lowest BCUT2D eigenvalue weighted by Crippen LogP contribution is -2.42. The van der Waals surface area contributed by atoms with Crippen LogP contribution in [0.2, 0.25) is 0 Å². The number of ether oxygens (including phenoxy) is 1. The molecule has 1 saturated heterocycles. The number of benzene rings is 1. The number of rotatable bonds is 4. The van der Waals surface area contributed by atoms with Crippen LogP contribution in [0.4, 0.5) is 0 Å². The molecule has 0 spiro atoms. The van der Waals surface area contributed by atoms with E-state index < -0.39 is 16.1 Å². The molecule has 1 atom stereocenters. The fourth-order valence-electron chi connectivity index (χ4n) is 2.73. The second-order valence-corrected chi connectivity index (χ2v) is 8.15. The van der Waals surface area contributed by atoms with Gasteiger partial charge in [0, 0.05) is 19.0 Å². The maximum Gasteiger partial charge on any atom is 0.246 e. The summed E-state index contributed by atoms with van der Waals surface area (Å²) in [5.41, 5.74) is 0.588. The summed E-state index contributed by atoms with van der Waals surface area (Å²) in [4.78, 5) is 0.0466. The minimum Gasteiger partial charge on any atom is -0.422 e. The zero-order valence-corrected chi connectivity index (χ0v) is 15.0. The van der Waals surface area contributed by atoms with Gasteiger partial charge in [0.15, 0.2) is 5.52 Å². The highest BCUT2D eigenvalue weighted by Crippen LogP contribution is 2.29. The highest BCUT2D eigenvalue weighted by Gasteiger charge is 2.35. The van der Waals surface area contributed by atoms with Gasteiger partial charge in [0.2, 0.25) is 21.8 Å². The Balaban J connectivity index is 1.63. The van der Waals surface area contributed by atoms with Crippen LogP contribution in [0.25, 0.3) is 11.0 Å². The van der Waals surface area contributed by atoms with Gasteiger partial charge in [0.05, 0.1) is 6.61 Å². The molecule has 0 radical (unpaired) electrons. The third-order valence-corrected chi connectivity index (χ3v) is 6.02. The summed E-state index contributed by atoms with van der Waals surface area (Å²) < 4.78 is 43.4. The smallest absolute Gasteiger partial charge is 0.246 e. The van der Waals surface area contributed by atoms with E-state index in [9.17, 15) is 8.42 Å². The van der Waals surface area contributed by atoms with Crippen LogP contribution in [0.5, 0.6) is 0 Å². The predicted octanol–water partition coefficient (Wildman–Crippen LogP) is 1.49. The summed E-state index contributed by atoms with van der Waals surface area (Å²) in [6.07, 6.45) is -0.617. The first kappa shape index (κ1) is 17.1. The first-order valence-corrected chi connectivity index (χ1v) is 9.57. The molecule has 10 nitrogen and oxygen atoms in total. The zero-order chi connectivity index (χ0) is 18.3. The number of aromatic nitrogens is 4. The number of hydrogen-bond donors (Lipinski definition) is 0. The van der Waals surface area contributed by atoms with E-state index in [1.54, 1.807) is 12.1 Å². The summed E-state index contributed by atoms with van der Waals surface area (Å²) in [6.45, 7) is 4.37. The molecule has 0 saturated carbocycles. The van der Waals surface area contributed by atoms with E-state index in [0.29, 0.717) is 11.4 Å². The van der Waals surface area contributed by atoms with Crippen molar-refractivity contribution in [2.75, 3.05) is 19.7 Å². The fourth-order valence-corrected chi connectivity index (χ4v) is 4.29. The lowest BCUT2D eigenvalue weighted by molar-refractivity contribution is -0.0179. The van der Waals surface area contributed by atoms with Crippen molar-refractivity contribution < 1.29 is 22.2 Å². The summed E-state index contributed by atoms with van der Waals surface area (Å²) in [6, 6.07) is 4.72. The van der Waals surface area contributed by atoms with E-state index in [1.165, 1.54) is 10.4 Å². The predicted molar refractivity (Wildman–Crippen MR) is 87.6 cm³/mol. The number of nitrogens with zero attached hydrogens (tertiary/aromatic N) is 5. The third kappa shape index (κ3) is 2.87. The minimum atomic E-state index is -3.81. The average molecular weight is 379 g/mol. The molecule has 26 heavy (non-hydrogen) atoms. The molecule has 1 aliphatic heterocycles. The molecule has 1 fully saturated rings. The monoisotopic (exact) mass is 379 g/mol. The lowest BCUT2D eigenvalue weighted by Gasteiger charge is -2.30. The van der Waals surface area contributed by atoms with Gasteiger partial charge in [-0.15, -0.1) is 10.2 Å². The second-order valence-electron chi connectivity index (χ2n) is 6.24. The van der Waals surface area contributed by atoms with Crippen molar-refractivity contribution in [1.29, 1.82) is 0 Å². The highest BCUT2D eigenvalue weighted by molar-refractivity contribution is 7.89. The van der Waals surface area contributed by atoms with Gasteiger partial charge in [-0.05, 0) is 22.4 Å². The molecule has 1 unspecified atom stereocenters. The van der Waals surface area contributed by atoms with Gasteiger partial charge >= 0.3 is 0 Å². The highest BCUT2D eigenvalue weighted by atomic mass is 32.2. The quantitative estimate of drug-likeness (QED) is 0.663. The molecule has 0 bridgehead atoms. The first-order valence-electron chi connectivity index (χ1n) is 8.13. The van der Waals surface area contributed by atoms with Crippen LogP contribution in [-0.2, 0) is 14.8 Å². The van der Waals surface area contributed by atoms with E-state index in [-0.39, 0.29) is 41.9 Å². The van der Waals surface area contributed by atoms with Gasteiger partial charge in [-0.1, -0.05) is 19.9 Å². The molecular weight excluding hydrogens is 362 g/mol. The normalized spacial score (nSPS) is 19.4. The van der Waals surface area contributed by atoms with Crippen LogP contribution >= 0.6 is 0 Å². The van der Waals surface area contributed by atoms with Crippen LogP contribution < -0.4 is 0 Å². The number of sulfonamides is 1. The molecule has 0 N–H and O–H groups in total. The lowest BCUT2D eigenvalue weighted by atomic mass is 10.2. The molecule has 138 valence electrons. The number of hydrogen-bond acceptors (Lipinski definition) is 9. The maximum atomic E-state index is 13.1. The summed E-state index contributed by atoms with van der Waals surface area (Å²) in [5.74, 6) is 0.842. The van der Waals surface area contributed by atoms with E-state index in [0.717, 1.165) is 0 Å². The molecule has 1 aromatic carbocycles. The second kappa shape index (κ2) is 6.41. The standard InChI is InChI=1S/C15H17N5O5S/c1-9(2)14-16-17-15(24-14)11-8-20(6-7-23-11)26(21,22)12-5-3-4-10-13(12)19-25-18-10/h3-5,9,11H,6-8H2,1-2H3. The molecule has 3 heterocycles. The Hall–Kier alpha value is -2.37. The van der Waals surface area contributed by atoms with Crippen LogP contribution in [0.15, 0.2) is 32.1 Å². The number of morpholine rings is 1.